The van der Waals surface area contributed by atoms with Crippen LogP contribution >= 0.6 is 22.7 Å². The smallest absolute Gasteiger partial charge is 0.240 e. The molecule has 126 valence electrons. The van der Waals surface area contributed by atoms with Crippen molar-refractivity contribution in [1.82, 2.24) is 9.71 Å². The van der Waals surface area contributed by atoms with Crippen LogP contribution in [-0.2, 0) is 16.6 Å². The molecule has 3 aromatic rings. The Balaban J connectivity index is 1.81. The van der Waals surface area contributed by atoms with Crippen molar-refractivity contribution in [1.29, 1.82) is 0 Å². The number of hydrogen-bond acceptors (Lipinski definition) is 5. The fourth-order valence-corrected chi connectivity index (χ4v) is 5.55. The maximum atomic E-state index is 12.6. The molecule has 24 heavy (non-hydrogen) atoms. The molecule has 0 unspecified atom stereocenters. The Morgan fingerprint density at radius 3 is 2.67 bits per heavy atom. The first-order valence-corrected chi connectivity index (χ1v) is 10.6. The molecule has 4 nitrogen and oxygen atoms in total. The van der Waals surface area contributed by atoms with Gasteiger partial charge in [-0.05, 0) is 49.4 Å². The van der Waals surface area contributed by atoms with Crippen molar-refractivity contribution < 1.29 is 8.42 Å². The number of hydrogen-bond donors (Lipinski definition) is 1. The third-order valence-electron chi connectivity index (χ3n) is 3.68. The van der Waals surface area contributed by atoms with E-state index in [2.05, 4.69) is 9.71 Å². The van der Waals surface area contributed by atoms with Gasteiger partial charge in [-0.1, -0.05) is 18.2 Å². The van der Waals surface area contributed by atoms with Gasteiger partial charge in [0.1, 0.15) is 5.01 Å². The minimum absolute atomic E-state index is 0.255. The summed E-state index contributed by atoms with van der Waals surface area (Å²) in [7, 11) is -3.54. The highest BCUT2D eigenvalue weighted by Crippen LogP contribution is 2.31. The lowest BCUT2D eigenvalue weighted by Gasteiger charge is -2.09. The van der Waals surface area contributed by atoms with Gasteiger partial charge in [0, 0.05) is 11.4 Å². The minimum Gasteiger partial charge on any atom is -0.240 e. The summed E-state index contributed by atoms with van der Waals surface area (Å²) in [5.41, 5.74) is 2.54. The average Bonchev–Trinajstić information content (AvgIpc) is 3.17. The van der Waals surface area contributed by atoms with Gasteiger partial charge in [0.05, 0.1) is 15.5 Å². The van der Waals surface area contributed by atoms with E-state index < -0.39 is 10.0 Å². The monoisotopic (exact) mass is 378 g/mol. The number of thiophene rings is 1. The number of thiazole rings is 1. The number of benzene rings is 1. The largest absolute Gasteiger partial charge is 0.241 e. The molecule has 0 atom stereocenters. The van der Waals surface area contributed by atoms with Gasteiger partial charge in [-0.2, -0.15) is 0 Å². The van der Waals surface area contributed by atoms with Crippen LogP contribution in [0.2, 0.25) is 0 Å². The van der Waals surface area contributed by atoms with Crippen molar-refractivity contribution >= 4 is 32.7 Å². The van der Waals surface area contributed by atoms with Crippen molar-refractivity contribution in [2.24, 2.45) is 0 Å². The van der Waals surface area contributed by atoms with Gasteiger partial charge in [0.15, 0.2) is 0 Å². The predicted molar refractivity (Wildman–Crippen MR) is 100 cm³/mol. The second kappa shape index (κ2) is 6.76. The van der Waals surface area contributed by atoms with Crippen molar-refractivity contribution in [2.75, 3.05) is 0 Å². The van der Waals surface area contributed by atoms with Crippen LogP contribution in [0.1, 0.15) is 21.7 Å². The second-order valence-corrected chi connectivity index (χ2v) is 9.37. The SMILES string of the molecule is Cc1ccc(C)c(S(=O)(=O)NCc2sc(-c3cccs3)nc2C)c1. The number of nitrogens with one attached hydrogen (secondary N) is 1. The van der Waals surface area contributed by atoms with Gasteiger partial charge < -0.3 is 0 Å². The maximum absolute atomic E-state index is 12.6. The van der Waals surface area contributed by atoms with Gasteiger partial charge in [-0.15, -0.1) is 22.7 Å². The molecule has 0 saturated carbocycles. The summed E-state index contributed by atoms with van der Waals surface area (Å²) in [5.74, 6) is 0. The Morgan fingerprint density at radius 1 is 1.17 bits per heavy atom. The summed E-state index contributed by atoms with van der Waals surface area (Å²) >= 11 is 3.16. The number of nitrogens with zero attached hydrogens (tertiary/aromatic N) is 1. The van der Waals surface area contributed by atoms with E-state index in [1.807, 2.05) is 43.5 Å². The number of sulfonamides is 1. The number of rotatable bonds is 5. The van der Waals surface area contributed by atoms with Crippen LogP contribution in [0.3, 0.4) is 0 Å². The highest BCUT2D eigenvalue weighted by atomic mass is 32.2. The van der Waals surface area contributed by atoms with Crippen LogP contribution in [0.4, 0.5) is 0 Å². The molecule has 0 fully saturated rings. The van der Waals surface area contributed by atoms with Gasteiger partial charge in [-0.25, -0.2) is 18.1 Å². The summed E-state index contributed by atoms with van der Waals surface area (Å²) in [6.07, 6.45) is 0. The van der Waals surface area contributed by atoms with E-state index in [4.69, 9.17) is 0 Å². The minimum atomic E-state index is -3.54. The Kier molecular flexibility index (Phi) is 4.87. The molecular weight excluding hydrogens is 360 g/mol. The Bertz CT molecular complexity index is 958. The first-order chi connectivity index (χ1) is 11.4. The molecule has 2 heterocycles. The molecule has 1 aromatic carbocycles. The van der Waals surface area contributed by atoms with E-state index in [-0.39, 0.29) is 6.54 Å². The van der Waals surface area contributed by atoms with Crippen LogP contribution in [0.15, 0.2) is 40.6 Å². The number of aromatic nitrogens is 1. The summed E-state index contributed by atoms with van der Waals surface area (Å²) < 4.78 is 27.9. The molecule has 0 aliphatic carbocycles. The van der Waals surface area contributed by atoms with E-state index in [9.17, 15) is 8.42 Å². The van der Waals surface area contributed by atoms with E-state index in [1.165, 1.54) is 11.3 Å². The van der Waals surface area contributed by atoms with Gasteiger partial charge in [-0.3, -0.25) is 0 Å². The molecular formula is C17H18N2O2S3. The molecule has 0 amide bonds. The normalized spacial score (nSPS) is 11.8. The molecule has 2 aromatic heterocycles. The lowest BCUT2D eigenvalue weighted by Crippen LogP contribution is -2.24. The van der Waals surface area contributed by atoms with E-state index in [1.54, 1.807) is 24.3 Å². The van der Waals surface area contributed by atoms with Crippen molar-refractivity contribution in [3.05, 3.63) is 57.4 Å². The quantitative estimate of drug-likeness (QED) is 0.721. The van der Waals surface area contributed by atoms with E-state index in [0.29, 0.717) is 4.90 Å². The Morgan fingerprint density at radius 2 is 1.96 bits per heavy atom. The third kappa shape index (κ3) is 3.59. The highest BCUT2D eigenvalue weighted by Gasteiger charge is 2.18. The molecule has 3 rings (SSSR count). The zero-order valence-corrected chi connectivity index (χ0v) is 16.1. The van der Waals surface area contributed by atoms with Crippen LogP contribution in [0.25, 0.3) is 9.88 Å². The topological polar surface area (TPSA) is 59.1 Å². The zero-order chi connectivity index (χ0) is 17.3. The van der Waals surface area contributed by atoms with Crippen molar-refractivity contribution in [3.8, 4) is 9.88 Å². The molecule has 1 N–H and O–H groups in total. The fourth-order valence-electron chi connectivity index (χ4n) is 2.33. The summed E-state index contributed by atoms with van der Waals surface area (Å²) in [4.78, 5) is 6.93. The van der Waals surface area contributed by atoms with Crippen LogP contribution in [0.5, 0.6) is 0 Å². The maximum Gasteiger partial charge on any atom is 0.241 e. The first kappa shape index (κ1) is 17.3. The van der Waals surface area contributed by atoms with Gasteiger partial charge in [0.25, 0.3) is 0 Å². The molecule has 0 bridgehead atoms. The third-order valence-corrected chi connectivity index (χ3v) is 7.42. The predicted octanol–water partition coefficient (Wildman–Crippen LogP) is 4.28. The highest BCUT2D eigenvalue weighted by molar-refractivity contribution is 7.89. The molecule has 0 aliphatic rings. The molecule has 0 saturated heterocycles. The number of aryl methyl sites for hydroxylation is 3. The lowest BCUT2D eigenvalue weighted by atomic mass is 10.2. The van der Waals surface area contributed by atoms with Crippen LogP contribution < -0.4 is 4.72 Å². The zero-order valence-electron chi connectivity index (χ0n) is 13.7. The second-order valence-electron chi connectivity index (χ2n) is 5.60. The van der Waals surface area contributed by atoms with Gasteiger partial charge in [0.2, 0.25) is 10.0 Å². The molecule has 0 aliphatic heterocycles. The molecule has 0 spiro atoms. The summed E-state index contributed by atoms with van der Waals surface area (Å²) in [5, 5.41) is 2.94. The first-order valence-electron chi connectivity index (χ1n) is 7.44. The molecule has 0 radical (unpaired) electrons. The van der Waals surface area contributed by atoms with Crippen LogP contribution in [-0.4, -0.2) is 13.4 Å². The summed E-state index contributed by atoms with van der Waals surface area (Å²) in [6, 6.07) is 9.45. The van der Waals surface area contributed by atoms with E-state index >= 15 is 0 Å². The molecule has 7 heteroatoms. The van der Waals surface area contributed by atoms with Gasteiger partial charge >= 0.3 is 0 Å². The van der Waals surface area contributed by atoms with E-state index in [0.717, 1.165) is 31.6 Å². The lowest BCUT2D eigenvalue weighted by molar-refractivity contribution is 0.581. The average molecular weight is 379 g/mol. The Labute approximate surface area is 150 Å². The van der Waals surface area contributed by atoms with Crippen molar-refractivity contribution in [3.63, 3.8) is 0 Å². The van der Waals surface area contributed by atoms with Crippen LogP contribution in [0, 0.1) is 20.8 Å². The Hall–Kier alpha value is -1.54. The standard InChI is InChI=1S/C17H18N2O2S3/c1-11-6-7-12(2)16(9-11)24(20,21)18-10-15-13(3)19-17(23-15)14-5-4-8-22-14/h4-9,18H,10H2,1-3H3. The summed E-state index contributed by atoms with van der Waals surface area (Å²) in [6.45, 7) is 5.86. The van der Waals surface area contributed by atoms with Crippen molar-refractivity contribution in [2.45, 2.75) is 32.2 Å². The fraction of sp³-hybridized carbons (Fsp3) is 0.235.